The fourth-order valence-corrected chi connectivity index (χ4v) is 2.35. The summed E-state index contributed by atoms with van der Waals surface area (Å²) in [6.45, 7) is 5.87. The maximum Gasteiger partial charge on any atom is 0.273 e. The van der Waals surface area contributed by atoms with Crippen LogP contribution in [0.2, 0.25) is 0 Å². The molecule has 1 unspecified atom stereocenters. The molecule has 0 saturated carbocycles. The molecule has 0 radical (unpaired) electrons. The number of rotatable bonds is 4. The van der Waals surface area contributed by atoms with Crippen molar-refractivity contribution in [3.63, 3.8) is 0 Å². The minimum atomic E-state index is -2.75. The van der Waals surface area contributed by atoms with Gasteiger partial charge in [0.15, 0.2) is 0 Å². The number of morpholine rings is 1. The molecule has 4 heteroatoms. The molecule has 0 aliphatic carbocycles. The first-order chi connectivity index (χ1) is 8.99. The quantitative estimate of drug-likeness (QED) is 0.903. The highest BCUT2D eigenvalue weighted by Crippen LogP contribution is 2.35. The van der Waals surface area contributed by atoms with Crippen LogP contribution in [0.15, 0.2) is 24.3 Å². The second kappa shape index (κ2) is 5.97. The number of hydrogen-bond acceptors (Lipinski definition) is 2. The molecule has 0 aromatic heterocycles. The van der Waals surface area contributed by atoms with Gasteiger partial charge < -0.3 is 10.1 Å². The highest BCUT2D eigenvalue weighted by molar-refractivity contribution is 5.27. The number of hydrogen-bond donors (Lipinski definition) is 1. The molecule has 1 aliphatic rings. The van der Waals surface area contributed by atoms with Crippen LogP contribution in [-0.4, -0.2) is 19.7 Å². The van der Waals surface area contributed by atoms with Crippen LogP contribution in [0.4, 0.5) is 8.78 Å². The third kappa shape index (κ3) is 3.74. The van der Waals surface area contributed by atoms with Gasteiger partial charge >= 0.3 is 0 Å². The molecule has 1 fully saturated rings. The SMILES string of the molecule is CC(C)CC(F)(F)c1ccc(C2CNCCO2)cc1. The minimum absolute atomic E-state index is 0.0264. The van der Waals surface area contributed by atoms with Crippen molar-refractivity contribution < 1.29 is 13.5 Å². The molecule has 106 valence electrons. The molecular weight excluding hydrogens is 248 g/mol. The molecule has 1 saturated heterocycles. The number of benzene rings is 1. The zero-order chi connectivity index (χ0) is 13.9. The smallest absolute Gasteiger partial charge is 0.273 e. The predicted octanol–water partition coefficient (Wildman–Crippen LogP) is 3.49. The highest BCUT2D eigenvalue weighted by atomic mass is 19.3. The van der Waals surface area contributed by atoms with Crippen molar-refractivity contribution in [3.8, 4) is 0 Å². The van der Waals surface area contributed by atoms with Crippen molar-refractivity contribution in [2.24, 2.45) is 5.92 Å². The largest absolute Gasteiger partial charge is 0.371 e. The first-order valence-corrected chi connectivity index (χ1v) is 6.79. The molecule has 19 heavy (non-hydrogen) atoms. The van der Waals surface area contributed by atoms with Crippen LogP contribution in [0, 0.1) is 5.92 Å². The predicted molar refractivity (Wildman–Crippen MR) is 71.4 cm³/mol. The van der Waals surface area contributed by atoms with E-state index in [0.29, 0.717) is 6.61 Å². The zero-order valence-corrected chi connectivity index (χ0v) is 11.5. The van der Waals surface area contributed by atoms with E-state index in [4.69, 9.17) is 4.74 Å². The third-order valence-corrected chi connectivity index (χ3v) is 3.30. The summed E-state index contributed by atoms with van der Waals surface area (Å²) in [6, 6.07) is 6.55. The Morgan fingerprint density at radius 2 is 2.00 bits per heavy atom. The lowest BCUT2D eigenvalue weighted by molar-refractivity contribution is -0.0250. The lowest BCUT2D eigenvalue weighted by Gasteiger charge is -2.25. The van der Waals surface area contributed by atoms with E-state index in [1.807, 2.05) is 13.8 Å². The van der Waals surface area contributed by atoms with Gasteiger partial charge in [0.25, 0.3) is 5.92 Å². The Balaban J connectivity index is 2.09. The van der Waals surface area contributed by atoms with E-state index in [1.165, 1.54) is 12.1 Å². The van der Waals surface area contributed by atoms with Gasteiger partial charge in [-0.3, -0.25) is 0 Å². The Morgan fingerprint density at radius 3 is 2.53 bits per heavy atom. The lowest BCUT2D eigenvalue weighted by Crippen LogP contribution is -2.33. The van der Waals surface area contributed by atoms with Crippen molar-refractivity contribution >= 4 is 0 Å². The van der Waals surface area contributed by atoms with Crippen molar-refractivity contribution in [1.82, 2.24) is 5.32 Å². The molecule has 1 aromatic carbocycles. The first kappa shape index (κ1) is 14.4. The van der Waals surface area contributed by atoms with Gasteiger partial charge in [0.1, 0.15) is 0 Å². The van der Waals surface area contributed by atoms with Crippen molar-refractivity contribution in [1.29, 1.82) is 0 Å². The van der Waals surface area contributed by atoms with Gasteiger partial charge in [0, 0.05) is 25.1 Å². The summed E-state index contributed by atoms with van der Waals surface area (Å²) >= 11 is 0. The van der Waals surface area contributed by atoms with Gasteiger partial charge in [0.2, 0.25) is 0 Å². The molecule has 0 amide bonds. The zero-order valence-electron chi connectivity index (χ0n) is 11.5. The summed E-state index contributed by atoms with van der Waals surface area (Å²) in [6.07, 6.45) is -0.144. The van der Waals surface area contributed by atoms with Crippen LogP contribution < -0.4 is 5.32 Å². The van der Waals surface area contributed by atoms with Crippen LogP contribution in [0.3, 0.4) is 0 Å². The van der Waals surface area contributed by atoms with Crippen LogP contribution in [0.5, 0.6) is 0 Å². The summed E-state index contributed by atoms with van der Waals surface area (Å²) in [7, 11) is 0. The molecule has 2 rings (SSSR count). The number of nitrogens with one attached hydrogen (secondary N) is 1. The second-order valence-corrected chi connectivity index (χ2v) is 5.49. The Morgan fingerprint density at radius 1 is 1.32 bits per heavy atom. The second-order valence-electron chi connectivity index (χ2n) is 5.49. The fraction of sp³-hybridized carbons (Fsp3) is 0.600. The summed E-state index contributed by atoms with van der Waals surface area (Å²) in [5.74, 6) is -2.78. The minimum Gasteiger partial charge on any atom is -0.371 e. The van der Waals surface area contributed by atoms with E-state index < -0.39 is 5.92 Å². The molecule has 1 atom stereocenters. The van der Waals surface area contributed by atoms with Gasteiger partial charge in [-0.25, -0.2) is 8.78 Å². The summed E-state index contributed by atoms with van der Waals surface area (Å²) < 4.78 is 33.5. The molecule has 0 spiro atoms. The lowest BCUT2D eigenvalue weighted by atomic mass is 9.96. The van der Waals surface area contributed by atoms with Crippen LogP contribution in [0.25, 0.3) is 0 Å². The van der Waals surface area contributed by atoms with Crippen LogP contribution in [0.1, 0.15) is 37.5 Å². The number of ether oxygens (including phenoxy) is 1. The number of halogens is 2. The van der Waals surface area contributed by atoms with Crippen LogP contribution in [-0.2, 0) is 10.7 Å². The van der Waals surface area contributed by atoms with E-state index >= 15 is 0 Å². The normalized spacial score (nSPS) is 20.8. The standard InChI is InChI=1S/C15H21F2NO/c1-11(2)9-15(16,17)13-5-3-12(4-6-13)14-10-18-7-8-19-14/h3-6,11,14,18H,7-10H2,1-2H3. The Kier molecular flexibility index (Phi) is 4.53. The van der Waals surface area contributed by atoms with Gasteiger partial charge in [-0.05, 0) is 11.5 Å². The van der Waals surface area contributed by atoms with Gasteiger partial charge in [-0.15, -0.1) is 0 Å². The Labute approximate surface area is 113 Å². The van der Waals surface area contributed by atoms with Crippen molar-refractivity contribution in [2.75, 3.05) is 19.7 Å². The Hall–Kier alpha value is -1.00. The van der Waals surface area contributed by atoms with E-state index in [2.05, 4.69) is 5.32 Å². The molecule has 1 heterocycles. The highest BCUT2D eigenvalue weighted by Gasteiger charge is 2.32. The fourth-order valence-electron chi connectivity index (χ4n) is 2.35. The van der Waals surface area contributed by atoms with Gasteiger partial charge in [-0.2, -0.15) is 0 Å². The molecule has 1 aliphatic heterocycles. The van der Waals surface area contributed by atoms with Gasteiger partial charge in [-0.1, -0.05) is 38.1 Å². The van der Waals surface area contributed by atoms with Crippen molar-refractivity contribution in [2.45, 2.75) is 32.3 Å². The number of alkyl halides is 2. The van der Waals surface area contributed by atoms with Gasteiger partial charge in [0.05, 0.1) is 12.7 Å². The molecule has 1 aromatic rings. The van der Waals surface area contributed by atoms with E-state index in [0.717, 1.165) is 18.7 Å². The average Bonchev–Trinajstić information content (AvgIpc) is 2.38. The third-order valence-electron chi connectivity index (χ3n) is 3.30. The monoisotopic (exact) mass is 269 g/mol. The maximum absolute atomic E-state index is 13.9. The Bertz CT molecular complexity index is 397. The summed E-state index contributed by atoms with van der Waals surface area (Å²) in [4.78, 5) is 0. The molecule has 1 N–H and O–H groups in total. The van der Waals surface area contributed by atoms with E-state index in [1.54, 1.807) is 12.1 Å². The summed E-state index contributed by atoms with van der Waals surface area (Å²) in [5.41, 5.74) is 1.05. The van der Waals surface area contributed by atoms with Crippen molar-refractivity contribution in [3.05, 3.63) is 35.4 Å². The topological polar surface area (TPSA) is 21.3 Å². The first-order valence-electron chi connectivity index (χ1n) is 6.79. The maximum atomic E-state index is 13.9. The van der Waals surface area contributed by atoms with E-state index in [-0.39, 0.29) is 24.0 Å². The molecular formula is C15H21F2NO. The average molecular weight is 269 g/mol. The summed E-state index contributed by atoms with van der Waals surface area (Å²) in [5, 5.41) is 3.23. The van der Waals surface area contributed by atoms with Crippen LogP contribution >= 0.6 is 0 Å². The van der Waals surface area contributed by atoms with E-state index in [9.17, 15) is 8.78 Å². The molecule has 0 bridgehead atoms. The molecule has 2 nitrogen and oxygen atoms in total.